The summed E-state index contributed by atoms with van der Waals surface area (Å²) in [6, 6.07) is 0. The molecule has 0 aliphatic carbocycles. The van der Waals surface area contributed by atoms with Gasteiger partial charge in [0.05, 0.1) is 10.2 Å². The minimum absolute atomic E-state index is 0.0282. The van der Waals surface area contributed by atoms with Crippen LogP contribution in [0.3, 0.4) is 0 Å². The number of nitrogens with two attached hydrogens (primary N) is 1. The van der Waals surface area contributed by atoms with Gasteiger partial charge in [-0.2, -0.15) is 0 Å². The van der Waals surface area contributed by atoms with E-state index in [2.05, 4.69) is 5.32 Å². The Morgan fingerprint density at radius 3 is 2.75 bits per heavy atom. The van der Waals surface area contributed by atoms with Crippen molar-refractivity contribution in [3.63, 3.8) is 0 Å². The number of hydrogen-bond donors (Lipinski definition) is 2. The van der Waals surface area contributed by atoms with E-state index in [0.717, 1.165) is 18.5 Å². The maximum atomic E-state index is 11.1. The highest BCUT2D eigenvalue weighted by Crippen LogP contribution is 2.13. The third-order valence-electron chi connectivity index (χ3n) is 1.83. The van der Waals surface area contributed by atoms with Crippen LogP contribution < -0.4 is 16.5 Å². The van der Waals surface area contributed by atoms with Gasteiger partial charge in [-0.25, -0.2) is 0 Å². The highest BCUT2D eigenvalue weighted by Gasteiger charge is 2.11. The molecule has 1 aromatic carbocycles. The van der Waals surface area contributed by atoms with Crippen LogP contribution in [-0.2, 0) is 0 Å². The number of anilines is 1. The van der Waals surface area contributed by atoms with Crippen molar-refractivity contribution in [3.05, 3.63) is 20.3 Å². The standard InChI is InChI=1S/C8H12N2OS/c1-5-6(7(11)8(5)12)10-4-2-3-9/h10H,2-4,9H2,1H3. The average Bonchev–Trinajstić information content (AvgIpc) is 2.11. The topological polar surface area (TPSA) is 55.1 Å². The number of nitrogens with one attached hydrogen (secondary N) is 1. The highest BCUT2D eigenvalue weighted by atomic mass is 32.1. The first kappa shape index (κ1) is 9.35. The van der Waals surface area contributed by atoms with Crippen molar-refractivity contribution in [1.29, 1.82) is 0 Å². The van der Waals surface area contributed by atoms with Crippen LogP contribution in [0.1, 0.15) is 12.0 Å². The minimum atomic E-state index is -0.0282. The lowest BCUT2D eigenvalue weighted by atomic mass is 10.1. The zero-order valence-corrected chi connectivity index (χ0v) is 7.83. The Labute approximate surface area is 76.3 Å². The molecule has 0 bridgehead atoms. The van der Waals surface area contributed by atoms with Gasteiger partial charge in [-0.15, -0.1) is 0 Å². The van der Waals surface area contributed by atoms with Gasteiger partial charge in [0.1, 0.15) is 0 Å². The van der Waals surface area contributed by atoms with E-state index in [9.17, 15) is 4.79 Å². The van der Waals surface area contributed by atoms with E-state index in [1.807, 2.05) is 6.92 Å². The van der Waals surface area contributed by atoms with E-state index >= 15 is 0 Å². The Balaban J connectivity index is 2.55. The average molecular weight is 184 g/mol. The molecule has 0 spiro atoms. The number of hydrogen-bond acceptors (Lipinski definition) is 4. The third kappa shape index (κ3) is 1.54. The normalized spacial score (nSPS) is 10.5. The summed E-state index contributed by atoms with van der Waals surface area (Å²) < 4.78 is 0.463. The molecule has 0 heterocycles. The van der Waals surface area contributed by atoms with Crippen molar-refractivity contribution in [2.24, 2.45) is 5.73 Å². The van der Waals surface area contributed by atoms with Gasteiger partial charge in [-0.3, -0.25) is 4.79 Å². The van der Waals surface area contributed by atoms with Gasteiger partial charge in [0.15, 0.2) is 0 Å². The summed E-state index contributed by atoms with van der Waals surface area (Å²) in [7, 11) is 0. The van der Waals surface area contributed by atoms with Crippen molar-refractivity contribution < 1.29 is 0 Å². The van der Waals surface area contributed by atoms with Crippen molar-refractivity contribution in [1.82, 2.24) is 0 Å². The molecule has 0 aromatic heterocycles. The van der Waals surface area contributed by atoms with Crippen LogP contribution in [0.5, 0.6) is 0 Å². The summed E-state index contributed by atoms with van der Waals surface area (Å²) in [6.45, 7) is 3.24. The van der Waals surface area contributed by atoms with Crippen molar-refractivity contribution in [2.75, 3.05) is 18.4 Å². The smallest absolute Gasteiger partial charge is 0.220 e. The Morgan fingerprint density at radius 1 is 1.58 bits per heavy atom. The lowest BCUT2D eigenvalue weighted by Crippen LogP contribution is -2.21. The molecule has 12 heavy (non-hydrogen) atoms. The van der Waals surface area contributed by atoms with Crippen LogP contribution in [0.2, 0.25) is 0 Å². The summed E-state index contributed by atoms with van der Waals surface area (Å²) in [4.78, 5) is 11.1. The van der Waals surface area contributed by atoms with Gasteiger partial charge in [-0.1, -0.05) is 12.2 Å². The lowest BCUT2D eigenvalue weighted by molar-refractivity contribution is 0.871. The highest BCUT2D eigenvalue weighted by molar-refractivity contribution is 7.71. The van der Waals surface area contributed by atoms with Crippen LogP contribution in [-0.4, -0.2) is 13.1 Å². The molecule has 0 saturated carbocycles. The van der Waals surface area contributed by atoms with Crippen molar-refractivity contribution in [2.45, 2.75) is 13.3 Å². The Morgan fingerprint density at radius 2 is 2.25 bits per heavy atom. The fraction of sp³-hybridized carbons (Fsp3) is 0.500. The second-order valence-electron chi connectivity index (χ2n) is 2.73. The van der Waals surface area contributed by atoms with Crippen molar-refractivity contribution >= 4 is 17.9 Å². The Hall–Kier alpha value is -0.740. The molecule has 3 nitrogen and oxygen atoms in total. The quantitative estimate of drug-likeness (QED) is 0.535. The van der Waals surface area contributed by atoms with Gasteiger partial charge in [-0.05, 0) is 25.5 Å². The molecule has 0 unspecified atom stereocenters. The predicted octanol–water partition coefficient (Wildman–Crippen LogP) is 0.721. The van der Waals surface area contributed by atoms with E-state index in [4.69, 9.17) is 18.0 Å². The molecule has 0 saturated heterocycles. The van der Waals surface area contributed by atoms with E-state index in [-0.39, 0.29) is 5.43 Å². The maximum absolute atomic E-state index is 11.1. The van der Waals surface area contributed by atoms with Crippen LogP contribution in [0.15, 0.2) is 4.79 Å². The molecule has 1 rings (SSSR count). The SMILES string of the molecule is Cc1c(NCCCN)c(=O)c1=S. The van der Waals surface area contributed by atoms with Crippen LogP contribution >= 0.6 is 12.2 Å². The van der Waals surface area contributed by atoms with Gasteiger partial charge in [0, 0.05) is 6.54 Å². The van der Waals surface area contributed by atoms with E-state index in [0.29, 0.717) is 16.7 Å². The largest absolute Gasteiger partial charge is 0.382 e. The molecule has 0 aliphatic heterocycles. The van der Waals surface area contributed by atoms with E-state index in [1.165, 1.54) is 0 Å². The molecule has 0 atom stereocenters. The summed E-state index contributed by atoms with van der Waals surface area (Å²) in [5, 5.41) is 3.01. The summed E-state index contributed by atoms with van der Waals surface area (Å²) >= 11 is 4.81. The van der Waals surface area contributed by atoms with Crippen LogP contribution in [0.25, 0.3) is 0 Å². The van der Waals surface area contributed by atoms with Gasteiger partial charge in [0.25, 0.3) is 0 Å². The third-order valence-corrected chi connectivity index (χ3v) is 2.32. The molecule has 0 amide bonds. The van der Waals surface area contributed by atoms with Gasteiger partial charge >= 0.3 is 0 Å². The molecule has 1 aromatic rings. The molecule has 4 heteroatoms. The first-order chi connectivity index (χ1) is 5.68. The first-order valence-corrected chi connectivity index (χ1v) is 4.33. The molecule has 3 N–H and O–H groups in total. The van der Waals surface area contributed by atoms with E-state index < -0.39 is 0 Å². The van der Waals surface area contributed by atoms with Crippen molar-refractivity contribution in [3.8, 4) is 0 Å². The maximum Gasteiger partial charge on any atom is 0.220 e. The fourth-order valence-electron chi connectivity index (χ4n) is 1.03. The molecule has 0 fully saturated rings. The lowest BCUT2D eigenvalue weighted by Gasteiger charge is -2.10. The second-order valence-corrected chi connectivity index (χ2v) is 3.14. The van der Waals surface area contributed by atoms with Gasteiger partial charge < -0.3 is 11.1 Å². The monoisotopic (exact) mass is 184 g/mol. The molecule has 66 valence electrons. The minimum Gasteiger partial charge on any atom is -0.382 e. The zero-order valence-electron chi connectivity index (χ0n) is 7.02. The zero-order chi connectivity index (χ0) is 9.14. The van der Waals surface area contributed by atoms with Gasteiger partial charge in [0.2, 0.25) is 5.43 Å². The predicted molar refractivity (Wildman–Crippen MR) is 52.8 cm³/mol. The molecule has 0 radical (unpaired) electrons. The summed E-state index contributed by atoms with van der Waals surface area (Å²) in [5.74, 6) is 0. The summed E-state index contributed by atoms with van der Waals surface area (Å²) in [6.07, 6.45) is 0.872. The summed E-state index contributed by atoms with van der Waals surface area (Å²) in [5.41, 5.74) is 6.86. The van der Waals surface area contributed by atoms with Crippen LogP contribution in [0.4, 0.5) is 5.69 Å². The molecular formula is C8H12N2OS. The molecule has 0 aliphatic rings. The molecular weight excluding hydrogens is 172 g/mol. The van der Waals surface area contributed by atoms with Crippen LogP contribution in [0, 0.1) is 11.4 Å². The fourth-order valence-corrected chi connectivity index (χ4v) is 1.24. The number of rotatable bonds is 4. The first-order valence-electron chi connectivity index (χ1n) is 3.92. The Kier molecular flexibility index (Phi) is 2.94. The van der Waals surface area contributed by atoms with E-state index in [1.54, 1.807) is 0 Å². The Bertz CT molecular complexity index is 339. The second kappa shape index (κ2) is 3.78.